The third-order valence-electron chi connectivity index (χ3n) is 3.74. The van der Waals surface area contributed by atoms with Crippen LogP contribution in [0.2, 0.25) is 0 Å². The molecule has 0 saturated carbocycles. The minimum atomic E-state index is 0.280. The van der Waals surface area contributed by atoms with Crippen LogP contribution < -0.4 is 0 Å². The summed E-state index contributed by atoms with van der Waals surface area (Å²) in [5.74, 6) is 1.60. The van der Waals surface area contributed by atoms with Gasteiger partial charge in [-0.3, -0.25) is 0 Å². The van der Waals surface area contributed by atoms with Crippen LogP contribution in [-0.4, -0.2) is 20.4 Å². The van der Waals surface area contributed by atoms with Crippen molar-refractivity contribution in [2.75, 3.05) is 5.88 Å². The molecule has 3 nitrogen and oxygen atoms in total. The predicted molar refractivity (Wildman–Crippen MR) is 89.4 cm³/mol. The monoisotopic (exact) mass is 319 g/mol. The molecule has 0 aromatic carbocycles. The predicted octanol–water partition coefficient (Wildman–Crippen LogP) is 4.58. The van der Waals surface area contributed by atoms with E-state index in [1.165, 1.54) is 4.88 Å². The summed E-state index contributed by atoms with van der Waals surface area (Å²) in [5.41, 5.74) is 3.12. The van der Waals surface area contributed by atoms with E-state index < -0.39 is 0 Å². The summed E-state index contributed by atoms with van der Waals surface area (Å²) in [6.07, 6.45) is 3.64. The number of thiophene rings is 1. The lowest BCUT2D eigenvalue weighted by Gasteiger charge is -2.18. The molecule has 0 aliphatic rings. The molecule has 0 fully saturated rings. The van der Waals surface area contributed by atoms with Crippen LogP contribution in [0.3, 0.4) is 0 Å². The fourth-order valence-corrected chi connectivity index (χ4v) is 3.81. The van der Waals surface area contributed by atoms with Gasteiger partial charge in [-0.15, -0.1) is 22.9 Å². The third-order valence-corrected chi connectivity index (χ3v) is 4.90. The standard InChI is InChI=1S/C16H18ClN3S/c1-3-12(13-5-4-10-21-13)20-14(6-8-17)19-15-11(2)7-9-18-16(15)20/h4-5,7,9-10,12H,3,6,8H2,1-2H3. The van der Waals surface area contributed by atoms with Gasteiger partial charge in [-0.05, 0) is 36.4 Å². The van der Waals surface area contributed by atoms with Gasteiger partial charge >= 0.3 is 0 Å². The van der Waals surface area contributed by atoms with Gasteiger partial charge in [0.05, 0.1) is 6.04 Å². The Morgan fingerprint density at radius 2 is 2.24 bits per heavy atom. The lowest BCUT2D eigenvalue weighted by atomic mass is 10.1. The van der Waals surface area contributed by atoms with E-state index in [0.717, 1.165) is 35.4 Å². The number of pyridine rings is 1. The zero-order valence-corrected chi connectivity index (χ0v) is 13.8. The summed E-state index contributed by atoms with van der Waals surface area (Å²) in [7, 11) is 0. The highest BCUT2D eigenvalue weighted by Gasteiger charge is 2.21. The van der Waals surface area contributed by atoms with Crippen LogP contribution in [0.1, 0.15) is 35.7 Å². The molecule has 3 rings (SSSR count). The van der Waals surface area contributed by atoms with Crippen molar-refractivity contribution >= 4 is 34.1 Å². The van der Waals surface area contributed by atoms with Gasteiger partial charge in [0.15, 0.2) is 5.65 Å². The van der Waals surface area contributed by atoms with Gasteiger partial charge in [0.25, 0.3) is 0 Å². The van der Waals surface area contributed by atoms with Crippen LogP contribution in [-0.2, 0) is 6.42 Å². The van der Waals surface area contributed by atoms with Gasteiger partial charge in [0, 0.05) is 23.4 Å². The lowest BCUT2D eigenvalue weighted by Crippen LogP contribution is -2.13. The maximum atomic E-state index is 5.98. The maximum absolute atomic E-state index is 5.98. The Kier molecular flexibility index (Phi) is 4.27. The van der Waals surface area contributed by atoms with Crippen LogP contribution in [0.4, 0.5) is 0 Å². The first-order valence-corrected chi connectivity index (χ1v) is 8.59. The molecule has 0 radical (unpaired) electrons. The Bertz CT molecular complexity index is 733. The molecule has 1 unspecified atom stereocenters. The van der Waals surface area contributed by atoms with Gasteiger partial charge in [-0.1, -0.05) is 13.0 Å². The second-order valence-electron chi connectivity index (χ2n) is 5.08. The highest BCUT2D eigenvalue weighted by molar-refractivity contribution is 7.10. The molecule has 0 aliphatic carbocycles. The van der Waals surface area contributed by atoms with Gasteiger partial charge < -0.3 is 4.57 Å². The van der Waals surface area contributed by atoms with Crippen LogP contribution in [0, 0.1) is 6.92 Å². The Balaban J connectivity index is 2.23. The van der Waals surface area contributed by atoms with Crippen molar-refractivity contribution in [2.45, 2.75) is 32.7 Å². The number of imidazole rings is 1. The number of hydrogen-bond donors (Lipinski definition) is 0. The average molecular weight is 320 g/mol. The van der Waals surface area contributed by atoms with Gasteiger partial charge in [0.1, 0.15) is 11.3 Å². The van der Waals surface area contributed by atoms with E-state index >= 15 is 0 Å². The second kappa shape index (κ2) is 6.16. The molecule has 21 heavy (non-hydrogen) atoms. The molecule has 3 aromatic heterocycles. The summed E-state index contributed by atoms with van der Waals surface area (Å²) in [6.45, 7) is 4.29. The average Bonchev–Trinajstić information content (AvgIpc) is 3.11. The molecular weight excluding hydrogens is 302 g/mol. The quantitative estimate of drug-likeness (QED) is 0.644. The van der Waals surface area contributed by atoms with E-state index in [4.69, 9.17) is 16.6 Å². The summed E-state index contributed by atoms with van der Waals surface area (Å²) in [5, 5.41) is 2.12. The van der Waals surface area contributed by atoms with Crippen LogP contribution in [0.5, 0.6) is 0 Å². The van der Waals surface area contributed by atoms with E-state index in [1.54, 1.807) is 11.3 Å². The highest BCUT2D eigenvalue weighted by atomic mass is 35.5. The summed E-state index contributed by atoms with van der Waals surface area (Å²) in [4.78, 5) is 10.7. The number of alkyl halides is 1. The number of aryl methyl sites for hydroxylation is 2. The molecule has 0 bridgehead atoms. The van der Waals surface area contributed by atoms with Crippen molar-refractivity contribution in [3.8, 4) is 0 Å². The number of hydrogen-bond acceptors (Lipinski definition) is 3. The smallest absolute Gasteiger partial charge is 0.160 e. The first kappa shape index (κ1) is 14.5. The van der Waals surface area contributed by atoms with Gasteiger partial charge in [-0.2, -0.15) is 0 Å². The summed E-state index contributed by atoms with van der Waals surface area (Å²) >= 11 is 7.76. The molecule has 0 N–H and O–H groups in total. The topological polar surface area (TPSA) is 30.7 Å². The second-order valence-corrected chi connectivity index (χ2v) is 6.43. The molecule has 0 saturated heterocycles. The first-order valence-electron chi connectivity index (χ1n) is 7.18. The Hall–Kier alpha value is -1.39. The number of aromatic nitrogens is 3. The fraction of sp³-hybridized carbons (Fsp3) is 0.375. The number of rotatable bonds is 5. The molecule has 110 valence electrons. The van der Waals surface area contributed by atoms with E-state index in [2.05, 4.69) is 40.9 Å². The van der Waals surface area contributed by atoms with Crippen molar-refractivity contribution in [1.29, 1.82) is 0 Å². The van der Waals surface area contributed by atoms with E-state index in [0.29, 0.717) is 5.88 Å². The lowest BCUT2D eigenvalue weighted by molar-refractivity contribution is 0.563. The SMILES string of the molecule is CCC(c1cccs1)n1c(CCCl)nc2c(C)ccnc21. The normalized spacial score (nSPS) is 12.9. The Morgan fingerprint density at radius 1 is 1.38 bits per heavy atom. The molecule has 3 heterocycles. The molecule has 0 amide bonds. The highest BCUT2D eigenvalue weighted by Crippen LogP contribution is 2.31. The third kappa shape index (κ3) is 2.58. The van der Waals surface area contributed by atoms with Crippen molar-refractivity contribution in [1.82, 2.24) is 14.5 Å². The first-order chi connectivity index (χ1) is 10.3. The molecule has 3 aromatic rings. The molecule has 0 spiro atoms. The van der Waals surface area contributed by atoms with Crippen LogP contribution >= 0.6 is 22.9 Å². The van der Waals surface area contributed by atoms with Crippen molar-refractivity contribution < 1.29 is 0 Å². The zero-order chi connectivity index (χ0) is 14.8. The Labute approximate surface area is 133 Å². The number of fused-ring (bicyclic) bond motifs is 1. The molecule has 5 heteroatoms. The van der Waals surface area contributed by atoms with Crippen LogP contribution in [0.25, 0.3) is 11.2 Å². The van der Waals surface area contributed by atoms with Crippen molar-refractivity contribution in [2.24, 2.45) is 0 Å². The number of nitrogens with zero attached hydrogens (tertiary/aromatic N) is 3. The molecule has 1 atom stereocenters. The zero-order valence-electron chi connectivity index (χ0n) is 12.2. The van der Waals surface area contributed by atoms with Crippen molar-refractivity contribution in [3.05, 3.63) is 46.0 Å². The summed E-state index contributed by atoms with van der Waals surface area (Å²) in [6, 6.07) is 6.57. The van der Waals surface area contributed by atoms with Crippen molar-refractivity contribution in [3.63, 3.8) is 0 Å². The molecule has 0 aliphatic heterocycles. The van der Waals surface area contributed by atoms with E-state index in [1.807, 2.05) is 12.3 Å². The number of halogens is 1. The van der Waals surface area contributed by atoms with E-state index in [-0.39, 0.29) is 6.04 Å². The Morgan fingerprint density at radius 3 is 2.90 bits per heavy atom. The largest absolute Gasteiger partial charge is 0.304 e. The summed E-state index contributed by atoms with van der Waals surface area (Å²) < 4.78 is 2.27. The van der Waals surface area contributed by atoms with E-state index in [9.17, 15) is 0 Å². The molecular formula is C16H18ClN3S. The van der Waals surface area contributed by atoms with Gasteiger partial charge in [0.2, 0.25) is 0 Å². The maximum Gasteiger partial charge on any atom is 0.160 e. The minimum Gasteiger partial charge on any atom is -0.304 e. The van der Waals surface area contributed by atoms with Gasteiger partial charge in [-0.25, -0.2) is 9.97 Å². The fourth-order valence-electron chi connectivity index (χ4n) is 2.74. The van der Waals surface area contributed by atoms with Crippen LogP contribution in [0.15, 0.2) is 29.8 Å². The minimum absolute atomic E-state index is 0.280.